The highest BCUT2D eigenvalue weighted by molar-refractivity contribution is 5.99. The Morgan fingerprint density at radius 1 is 1.19 bits per heavy atom. The first-order valence-electron chi connectivity index (χ1n) is 9.20. The van der Waals surface area contributed by atoms with Gasteiger partial charge in [0.25, 0.3) is 5.91 Å². The minimum atomic E-state index is -0.00252. The molecule has 138 valence electrons. The topological polar surface area (TPSA) is 71.1 Å². The number of carbonyl (C=O) groups excluding carboxylic acids is 1. The second kappa shape index (κ2) is 8.14. The van der Waals surface area contributed by atoms with Crippen molar-refractivity contribution in [3.63, 3.8) is 0 Å². The lowest BCUT2D eigenvalue weighted by atomic mass is 10.0. The summed E-state index contributed by atoms with van der Waals surface area (Å²) in [4.78, 5) is 19.1. The highest BCUT2D eigenvalue weighted by atomic mass is 16.5. The number of aromatic amines is 1. The molecule has 6 heteroatoms. The molecule has 1 amide bonds. The SMILES string of the molecule is O=C(c1cn[nH]c1-c1ccccc1)N1CCC[C@@H](OCc2cccnc2)C1. The monoisotopic (exact) mass is 362 g/mol. The summed E-state index contributed by atoms with van der Waals surface area (Å²) in [5, 5.41) is 7.06. The van der Waals surface area contributed by atoms with Crippen LogP contribution in [0.15, 0.2) is 61.1 Å². The van der Waals surface area contributed by atoms with Crippen molar-refractivity contribution in [2.75, 3.05) is 13.1 Å². The number of piperidine rings is 1. The van der Waals surface area contributed by atoms with Crippen LogP contribution in [-0.2, 0) is 11.3 Å². The van der Waals surface area contributed by atoms with Crippen LogP contribution < -0.4 is 0 Å². The molecular formula is C21H22N4O2. The summed E-state index contributed by atoms with van der Waals surface area (Å²) in [6, 6.07) is 13.7. The molecule has 0 aliphatic carbocycles. The van der Waals surface area contributed by atoms with Crippen LogP contribution in [0, 0.1) is 0 Å². The Labute approximate surface area is 158 Å². The molecule has 1 atom stereocenters. The minimum absolute atomic E-state index is 0.00252. The smallest absolute Gasteiger partial charge is 0.257 e. The molecule has 1 saturated heterocycles. The fourth-order valence-electron chi connectivity index (χ4n) is 3.40. The summed E-state index contributed by atoms with van der Waals surface area (Å²) in [6.07, 6.45) is 7.10. The number of hydrogen-bond acceptors (Lipinski definition) is 4. The fraction of sp³-hybridized carbons (Fsp3) is 0.286. The van der Waals surface area contributed by atoms with E-state index in [0.717, 1.165) is 36.2 Å². The number of pyridine rings is 1. The maximum atomic E-state index is 13.1. The molecular weight excluding hydrogens is 340 g/mol. The van der Waals surface area contributed by atoms with Gasteiger partial charge in [-0.3, -0.25) is 14.9 Å². The molecule has 3 aromatic rings. The van der Waals surface area contributed by atoms with Gasteiger partial charge in [-0.05, 0) is 24.5 Å². The van der Waals surface area contributed by atoms with Gasteiger partial charge in [0.15, 0.2) is 0 Å². The number of carbonyl (C=O) groups is 1. The summed E-state index contributed by atoms with van der Waals surface area (Å²) >= 11 is 0. The summed E-state index contributed by atoms with van der Waals surface area (Å²) in [7, 11) is 0. The molecule has 0 spiro atoms. The lowest BCUT2D eigenvalue weighted by Crippen LogP contribution is -2.43. The van der Waals surface area contributed by atoms with E-state index in [4.69, 9.17) is 4.74 Å². The van der Waals surface area contributed by atoms with Crippen LogP contribution in [0.25, 0.3) is 11.3 Å². The van der Waals surface area contributed by atoms with Crippen LogP contribution in [0.4, 0.5) is 0 Å². The van der Waals surface area contributed by atoms with Crippen LogP contribution >= 0.6 is 0 Å². The van der Waals surface area contributed by atoms with Gasteiger partial charge >= 0.3 is 0 Å². The second-order valence-electron chi connectivity index (χ2n) is 6.71. The standard InChI is InChI=1S/C21H22N4O2/c26-21(19-13-23-24-20(19)17-7-2-1-3-8-17)25-11-5-9-18(14-25)27-15-16-6-4-10-22-12-16/h1-4,6-8,10,12-13,18H,5,9,11,14-15H2,(H,23,24)/t18-/m1/s1. The Kier molecular flexibility index (Phi) is 5.25. The molecule has 0 unspecified atom stereocenters. The number of H-pyrrole nitrogens is 1. The third-order valence-corrected chi connectivity index (χ3v) is 4.81. The number of nitrogens with zero attached hydrogens (tertiary/aromatic N) is 3. The van der Waals surface area contributed by atoms with Crippen molar-refractivity contribution in [2.45, 2.75) is 25.6 Å². The predicted molar refractivity (Wildman–Crippen MR) is 102 cm³/mol. The van der Waals surface area contributed by atoms with Gasteiger partial charge in [0.1, 0.15) is 0 Å². The van der Waals surface area contributed by atoms with Crippen molar-refractivity contribution in [3.8, 4) is 11.3 Å². The first-order valence-corrected chi connectivity index (χ1v) is 9.20. The molecule has 4 rings (SSSR count). The van der Waals surface area contributed by atoms with Gasteiger partial charge in [0, 0.05) is 31.0 Å². The van der Waals surface area contributed by atoms with Crippen LogP contribution in [0.1, 0.15) is 28.8 Å². The van der Waals surface area contributed by atoms with E-state index >= 15 is 0 Å². The van der Waals surface area contributed by atoms with Crippen molar-refractivity contribution >= 4 is 5.91 Å². The number of hydrogen-bond donors (Lipinski definition) is 1. The highest BCUT2D eigenvalue weighted by Gasteiger charge is 2.27. The predicted octanol–water partition coefficient (Wildman–Crippen LogP) is 3.29. The number of aromatic nitrogens is 3. The zero-order valence-electron chi connectivity index (χ0n) is 15.0. The van der Waals surface area contributed by atoms with Crippen LogP contribution in [-0.4, -0.2) is 45.2 Å². The van der Waals surface area contributed by atoms with E-state index < -0.39 is 0 Å². The van der Waals surface area contributed by atoms with Crippen molar-refractivity contribution in [1.29, 1.82) is 0 Å². The normalized spacial score (nSPS) is 17.0. The number of ether oxygens (including phenoxy) is 1. The zero-order chi connectivity index (χ0) is 18.5. The van der Waals surface area contributed by atoms with E-state index in [-0.39, 0.29) is 12.0 Å². The lowest BCUT2D eigenvalue weighted by molar-refractivity contribution is -0.00679. The first-order chi connectivity index (χ1) is 13.3. The first kappa shape index (κ1) is 17.4. The molecule has 1 fully saturated rings. The average Bonchev–Trinajstić information content (AvgIpc) is 3.23. The average molecular weight is 362 g/mol. The largest absolute Gasteiger partial charge is 0.372 e. The van der Waals surface area contributed by atoms with Crippen LogP contribution in [0.3, 0.4) is 0 Å². The molecule has 0 radical (unpaired) electrons. The molecule has 0 saturated carbocycles. The molecule has 1 aliphatic heterocycles. The fourth-order valence-corrected chi connectivity index (χ4v) is 3.40. The molecule has 0 bridgehead atoms. The van der Waals surface area contributed by atoms with E-state index in [0.29, 0.717) is 18.7 Å². The number of rotatable bonds is 5. The van der Waals surface area contributed by atoms with Gasteiger partial charge in [-0.2, -0.15) is 5.10 Å². The van der Waals surface area contributed by atoms with Gasteiger partial charge in [-0.15, -0.1) is 0 Å². The quantitative estimate of drug-likeness (QED) is 0.756. The Bertz CT molecular complexity index is 879. The summed E-state index contributed by atoms with van der Waals surface area (Å²) in [5.74, 6) is -0.00252. The van der Waals surface area contributed by atoms with Gasteiger partial charge in [-0.25, -0.2) is 0 Å². The highest BCUT2D eigenvalue weighted by Crippen LogP contribution is 2.24. The van der Waals surface area contributed by atoms with E-state index in [1.54, 1.807) is 12.4 Å². The second-order valence-corrected chi connectivity index (χ2v) is 6.71. The van der Waals surface area contributed by atoms with Crippen molar-refractivity contribution < 1.29 is 9.53 Å². The maximum absolute atomic E-state index is 13.1. The molecule has 6 nitrogen and oxygen atoms in total. The number of likely N-dealkylation sites (tertiary alicyclic amines) is 1. The summed E-state index contributed by atoms with van der Waals surface area (Å²) in [6.45, 7) is 1.85. The van der Waals surface area contributed by atoms with Gasteiger partial charge < -0.3 is 9.64 Å². The minimum Gasteiger partial charge on any atom is -0.372 e. The van der Waals surface area contributed by atoms with E-state index in [1.807, 2.05) is 53.6 Å². The summed E-state index contributed by atoms with van der Waals surface area (Å²) in [5.41, 5.74) is 3.37. The molecule has 27 heavy (non-hydrogen) atoms. The molecule has 3 heterocycles. The van der Waals surface area contributed by atoms with Gasteiger partial charge in [0.2, 0.25) is 0 Å². The third-order valence-electron chi connectivity index (χ3n) is 4.81. The molecule has 1 aliphatic rings. The maximum Gasteiger partial charge on any atom is 0.257 e. The number of amides is 1. The molecule has 1 N–H and O–H groups in total. The Morgan fingerprint density at radius 3 is 2.89 bits per heavy atom. The molecule has 1 aromatic carbocycles. The zero-order valence-corrected chi connectivity index (χ0v) is 15.0. The van der Waals surface area contributed by atoms with Crippen LogP contribution in [0.5, 0.6) is 0 Å². The Hall–Kier alpha value is -2.99. The van der Waals surface area contributed by atoms with Crippen molar-refractivity contribution in [3.05, 3.63) is 72.2 Å². The third kappa shape index (κ3) is 4.06. The Morgan fingerprint density at radius 2 is 2.07 bits per heavy atom. The lowest BCUT2D eigenvalue weighted by Gasteiger charge is -2.32. The van der Waals surface area contributed by atoms with E-state index in [2.05, 4.69) is 15.2 Å². The van der Waals surface area contributed by atoms with Crippen LogP contribution in [0.2, 0.25) is 0 Å². The molecule has 2 aromatic heterocycles. The Balaban J connectivity index is 1.43. The number of nitrogens with one attached hydrogen (secondary N) is 1. The van der Waals surface area contributed by atoms with E-state index in [9.17, 15) is 4.79 Å². The summed E-state index contributed by atoms with van der Waals surface area (Å²) < 4.78 is 6.02. The van der Waals surface area contributed by atoms with Gasteiger partial charge in [0.05, 0.1) is 30.2 Å². The van der Waals surface area contributed by atoms with Gasteiger partial charge in [-0.1, -0.05) is 36.4 Å². The van der Waals surface area contributed by atoms with Crippen molar-refractivity contribution in [1.82, 2.24) is 20.1 Å². The number of benzene rings is 1. The van der Waals surface area contributed by atoms with E-state index in [1.165, 1.54) is 0 Å². The van der Waals surface area contributed by atoms with Crippen molar-refractivity contribution in [2.24, 2.45) is 0 Å².